The predicted octanol–water partition coefficient (Wildman–Crippen LogP) is 4.12. The summed E-state index contributed by atoms with van der Waals surface area (Å²) in [5.74, 6) is -0.127. The first-order valence-corrected chi connectivity index (χ1v) is 11.0. The maximum atomic E-state index is 12.9. The molecule has 0 spiro atoms. The van der Waals surface area contributed by atoms with E-state index in [0.29, 0.717) is 12.1 Å². The first kappa shape index (κ1) is 22.1. The fraction of sp³-hybridized carbons (Fsp3) is 0.409. The monoisotopic (exact) mass is 402 g/mol. The molecule has 2 rings (SSSR count). The van der Waals surface area contributed by atoms with Crippen molar-refractivity contribution in [1.29, 1.82) is 0 Å². The van der Waals surface area contributed by atoms with Crippen molar-refractivity contribution in [3.8, 4) is 0 Å². The first-order valence-electron chi connectivity index (χ1n) is 9.57. The molecule has 5 nitrogen and oxygen atoms in total. The minimum absolute atomic E-state index is 0.127. The average Bonchev–Trinajstić information content (AvgIpc) is 2.66. The van der Waals surface area contributed by atoms with Gasteiger partial charge in [-0.3, -0.25) is 4.79 Å². The Balaban J connectivity index is 2.15. The van der Waals surface area contributed by atoms with Crippen molar-refractivity contribution in [1.82, 2.24) is 9.62 Å². The Kier molecular flexibility index (Phi) is 7.01. The van der Waals surface area contributed by atoms with Gasteiger partial charge in [0.1, 0.15) is 0 Å². The van der Waals surface area contributed by atoms with Gasteiger partial charge in [-0.2, -0.15) is 4.31 Å². The van der Waals surface area contributed by atoms with Crippen LogP contribution in [0.25, 0.3) is 0 Å². The minimum atomic E-state index is -3.57. The summed E-state index contributed by atoms with van der Waals surface area (Å²) in [4.78, 5) is 12.7. The molecule has 152 valence electrons. The van der Waals surface area contributed by atoms with Gasteiger partial charge in [0.2, 0.25) is 10.0 Å². The van der Waals surface area contributed by atoms with Gasteiger partial charge in [0, 0.05) is 24.2 Å². The van der Waals surface area contributed by atoms with Gasteiger partial charge in [-0.1, -0.05) is 43.7 Å². The third-order valence-electron chi connectivity index (χ3n) is 4.92. The van der Waals surface area contributed by atoms with Gasteiger partial charge in [-0.15, -0.1) is 0 Å². The van der Waals surface area contributed by atoms with Crippen LogP contribution in [0.3, 0.4) is 0 Å². The third kappa shape index (κ3) is 5.42. The van der Waals surface area contributed by atoms with E-state index in [9.17, 15) is 13.2 Å². The van der Waals surface area contributed by atoms with E-state index in [2.05, 4.69) is 5.32 Å². The summed E-state index contributed by atoms with van der Waals surface area (Å²) in [5.41, 5.74) is 2.15. The Hall–Kier alpha value is -2.18. The molecule has 0 unspecified atom stereocenters. The number of hydrogen-bond donors (Lipinski definition) is 1. The Morgan fingerprint density at radius 1 is 1.00 bits per heavy atom. The van der Waals surface area contributed by atoms with E-state index in [1.54, 1.807) is 48.5 Å². The number of benzene rings is 2. The smallest absolute Gasteiger partial charge is 0.251 e. The largest absolute Gasteiger partial charge is 0.347 e. The number of amides is 1. The summed E-state index contributed by atoms with van der Waals surface area (Å²) < 4.78 is 27.2. The molecule has 0 saturated heterocycles. The maximum Gasteiger partial charge on any atom is 0.251 e. The number of rotatable bonds is 8. The van der Waals surface area contributed by atoms with Crippen LogP contribution in [0.2, 0.25) is 0 Å². The first-order chi connectivity index (χ1) is 13.1. The van der Waals surface area contributed by atoms with Crippen molar-refractivity contribution in [3.63, 3.8) is 0 Å². The van der Waals surface area contributed by atoms with Crippen LogP contribution in [0.5, 0.6) is 0 Å². The fourth-order valence-corrected chi connectivity index (χ4v) is 4.10. The highest BCUT2D eigenvalue weighted by molar-refractivity contribution is 7.89. The quantitative estimate of drug-likeness (QED) is 0.722. The van der Waals surface area contributed by atoms with E-state index >= 15 is 0 Å². The van der Waals surface area contributed by atoms with Crippen molar-refractivity contribution in [2.24, 2.45) is 0 Å². The molecule has 0 aromatic heterocycles. The Morgan fingerprint density at radius 3 is 2.07 bits per heavy atom. The van der Waals surface area contributed by atoms with Crippen molar-refractivity contribution < 1.29 is 13.2 Å². The topological polar surface area (TPSA) is 66.5 Å². The highest BCUT2D eigenvalue weighted by Crippen LogP contribution is 2.19. The molecule has 0 heterocycles. The summed E-state index contributed by atoms with van der Waals surface area (Å²) in [6.07, 6.45) is 0.832. The summed E-state index contributed by atoms with van der Waals surface area (Å²) in [6.45, 7) is 10.4. The average molecular weight is 403 g/mol. The predicted molar refractivity (Wildman–Crippen MR) is 113 cm³/mol. The highest BCUT2D eigenvalue weighted by atomic mass is 32.2. The molecule has 0 bridgehead atoms. The standard InChI is InChI=1S/C22H30N2O3S/c1-6-22(4,5)23-21(25)19-12-10-18(11-13-19)16-24(7-2)28(26,27)20-14-8-17(3)9-15-20/h8-15H,6-7,16H2,1-5H3,(H,23,25). The van der Waals surface area contributed by atoms with Crippen LogP contribution in [0, 0.1) is 6.92 Å². The van der Waals surface area contributed by atoms with Crippen molar-refractivity contribution in [2.75, 3.05) is 6.54 Å². The zero-order chi connectivity index (χ0) is 20.9. The van der Waals surface area contributed by atoms with Crippen molar-refractivity contribution in [3.05, 3.63) is 65.2 Å². The van der Waals surface area contributed by atoms with Crippen LogP contribution in [-0.2, 0) is 16.6 Å². The molecule has 2 aromatic carbocycles. The molecule has 2 aromatic rings. The van der Waals surface area contributed by atoms with Crippen molar-refractivity contribution in [2.45, 2.75) is 58.0 Å². The molecule has 0 radical (unpaired) electrons. The second-order valence-electron chi connectivity index (χ2n) is 7.63. The molecule has 1 amide bonds. The Labute approximate surface area is 168 Å². The number of sulfonamides is 1. The van der Waals surface area contributed by atoms with Gasteiger partial charge < -0.3 is 5.32 Å². The Morgan fingerprint density at radius 2 is 1.57 bits per heavy atom. The molecular weight excluding hydrogens is 372 g/mol. The molecule has 0 aliphatic rings. The SMILES string of the molecule is CCN(Cc1ccc(C(=O)NC(C)(C)CC)cc1)S(=O)(=O)c1ccc(C)cc1. The van der Waals surface area contributed by atoms with E-state index in [0.717, 1.165) is 17.5 Å². The van der Waals surface area contributed by atoms with Crippen molar-refractivity contribution >= 4 is 15.9 Å². The van der Waals surface area contributed by atoms with Crippen LogP contribution in [-0.4, -0.2) is 30.7 Å². The second-order valence-corrected chi connectivity index (χ2v) is 9.57. The van der Waals surface area contributed by atoms with E-state index in [4.69, 9.17) is 0 Å². The number of nitrogens with zero attached hydrogens (tertiary/aromatic N) is 1. The number of hydrogen-bond acceptors (Lipinski definition) is 3. The van der Waals surface area contributed by atoms with Crippen LogP contribution < -0.4 is 5.32 Å². The van der Waals surface area contributed by atoms with Gasteiger partial charge in [0.25, 0.3) is 5.91 Å². The van der Waals surface area contributed by atoms with E-state index in [1.165, 1.54) is 4.31 Å². The molecule has 28 heavy (non-hydrogen) atoms. The lowest BCUT2D eigenvalue weighted by atomic mass is 10.0. The van der Waals surface area contributed by atoms with Crippen LogP contribution in [0.4, 0.5) is 0 Å². The van der Waals surface area contributed by atoms with Gasteiger partial charge in [-0.25, -0.2) is 8.42 Å². The molecule has 6 heteroatoms. The number of nitrogens with one attached hydrogen (secondary N) is 1. The fourth-order valence-electron chi connectivity index (χ4n) is 2.66. The number of carbonyl (C=O) groups excluding carboxylic acids is 1. The van der Waals surface area contributed by atoms with Gasteiger partial charge in [0.15, 0.2) is 0 Å². The van der Waals surface area contributed by atoms with Gasteiger partial charge in [-0.05, 0) is 57.0 Å². The maximum absolute atomic E-state index is 12.9. The summed E-state index contributed by atoms with van der Waals surface area (Å²) in [6, 6.07) is 14.0. The number of aryl methyl sites for hydroxylation is 1. The molecule has 0 saturated carbocycles. The third-order valence-corrected chi connectivity index (χ3v) is 6.86. The van der Waals surface area contributed by atoms with Crippen LogP contribution >= 0.6 is 0 Å². The molecule has 0 fully saturated rings. The molecule has 0 atom stereocenters. The second kappa shape index (κ2) is 8.88. The lowest BCUT2D eigenvalue weighted by Crippen LogP contribution is -2.42. The lowest BCUT2D eigenvalue weighted by Gasteiger charge is -2.24. The van der Waals surface area contributed by atoms with E-state index < -0.39 is 10.0 Å². The molecular formula is C22H30N2O3S. The van der Waals surface area contributed by atoms with E-state index in [1.807, 2.05) is 34.6 Å². The number of carbonyl (C=O) groups is 1. The minimum Gasteiger partial charge on any atom is -0.347 e. The summed E-state index contributed by atoms with van der Waals surface area (Å²) in [7, 11) is -3.57. The zero-order valence-electron chi connectivity index (χ0n) is 17.3. The highest BCUT2D eigenvalue weighted by Gasteiger charge is 2.23. The molecule has 1 N–H and O–H groups in total. The molecule has 0 aliphatic heterocycles. The summed E-state index contributed by atoms with van der Waals surface area (Å²) >= 11 is 0. The normalized spacial score (nSPS) is 12.2. The lowest BCUT2D eigenvalue weighted by molar-refractivity contribution is 0.0911. The van der Waals surface area contributed by atoms with E-state index in [-0.39, 0.29) is 22.9 Å². The van der Waals surface area contributed by atoms with Gasteiger partial charge in [0.05, 0.1) is 4.90 Å². The van der Waals surface area contributed by atoms with Crippen LogP contribution in [0.15, 0.2) is 53.4 Å². The zero-order valence-corrected chi connectivity index (χ0v) is 18.1. The van der Waals surface area contributed by atoms with Gasteiger partial charge >= 0.3 is 0 Å². The van der Waals surface area contributed by atoms with Crippen LogP contribution in [0.1, 0.15) is 55.6 Å². The Bertz CT molecular complexity index is 902. The molecule has 0 aliphatic carbocycles. The summed E-state index contributed by atoms with van der Waals surface area (Å²) in [5, 5.41) is 3.00.